The summed E-state index contributed by atoms with van der Waals surface area (Å²) in [5, 5.41) is 7.73. The van der Waals surface area contributed by atoms with Crippen LogP contribution in [-0.4, -0.2) is 21.8 Å². The van der Waals surface area contributed by atoms with Gasteiger partial charge in [-0.3, -0.25) is 9.48 Å². The van der Waals surface area contributed by atoms with Crippen molar-refractivity contribution >= 4 is 22.6 Å². The van der Waals surface area contributed by atoms with Crippen molar-refractivity contribution in [2.75, 3.05) is 5.32 Å². The Morgan fingerprint density at radius 1 is 1.10 bits per heavy atom. The number of aryl methyl sites for hydroxylation is 1. The number of fused-ring (bicyclic) bond motifs is 3. The molecular weight excluding hydrogens is 370 g/mol. The van der Waals surface area contributed by atoms with Gasteiger partial charge in [0.25, 0.3) is 5.91 Å². The number of nitrogens with one attached hydrogen (secondary N) is 1. The lowest BCUT2D eigenvalue weighted by Gasteiger charge is -2.17. The van der Waals surface area contributed by atoms with Gasteiger partial charge in [-0.15, -0.1) is 0 Å². The fraction of sp³-hybridized carbons (Fsp3) is 0.136. The molecule has 1 aliphatic rings. The van der Waals surface area contributed by atoms with Crippen LogP contribution >= 0.6 is 0 Å². The van der Waals surface area contributed by atoms with Crippen LogP contribution in [0.3, 0.4) is 0 Å². The number of para-hydroxylation sites is 2. The number of benzene rings is 2. The Kier molecular flexibility index (Phi) is 3.94. The van der Waals surface area contributed by atoms with E-state index in [1.165, 1.54) is 0 Å². The lowest BCUT2D eigenvalue weighted by molar-refractivity contribution is -0.122. The summed E-state index contributed by atoms with van der Waals surface area (Å²) in [5.41, 5.74) is 1.61. The van der Waals surface area contributed by atoms with Crippen LogP contribution in [0.4, 0.5) is 5.69 Å². The van der Waals surface area contributed by atoms with Crippen molar-refractivity contribution in [3.63, 3.8) is 0 Å². The third kappa shape index (κ3) is 2.87. The molecule has 0 saturated carbocycles. The van der Waals surface area contributed by atoms with E-state index in [9.17, 15) is 9.59 Å². The molecule has 144 valence electrons. The van der Waals surface area contributed by atoms with Crippen molar-refractivity contribution in [3.8, 4) is 5.75 Å². The van der Waals surface area contributed by atoms with E-state index in [1.807, 2.05) is 30.3 Å². The number of aromatic nitrogens is 2. The maximum atomic E-state index is 13.1. The zero-order chi connectivity index (χ0) is 20.0. The number of rotatable bonds is 3. The minimum absolute atomic E-state index is 0.338. The van der Waals surface area contributed by atoms with Crippen LogP contribution in [0, 0.1) is 0 Å². The second-order valence-corrected chi connectivity index (χ2v) is 6.95. The van der Waals surface area contributed by atoms with Crippen LogP contribution < -0.4 is 15.7 Å². The Morgan fingerprint density at radius 3 is 2.62 bits per heavy atom. The first-order chi connectivity index (χ1) is 14.1. The molecule has 0 fully saturated rings. The Bertz CT molecular complexity index is 1280. The van der Waals surface area contributed by atoms with E-state index in [1.54, 1.807) is 48.4 Å². The maximum absolute atomic E-state index is 13.1. The molecule has 0 aliphatic carbocycles. The van der Waals surface area contributed by atoms with Crippen molar-refractivity contribution in [2.24, 2.45) is 7.05 Å². The van der Waals surface area contributed by atoms with E-state index in [2.05, 4.69) is 10.4 Å². The van der Waals surface area contributed by atoms with E-state index in [0.29, 0.717) is 33.5 Å². The molecule has 2 atom stereocenters. The molecule has 0 spiro atoms. The molecule has 0 bridgehead atoms. The summed E-state index contributed by atoms with van der Waals surface area (Å²) in [5.74, 6) is -0.577. The van der Waals surface area contributed by atoms with Crippen LogP contribution in [-0.2, 0) is 11.8 Å². The van der Waals surface area contributed by atoms with Gasteiger partial charge in [-0.2, -0.15) is 5.10 Å². The van der Waals surface area contributed by atoms with Gasteiger partial charge in [0.2, 0.25) is 0 Å². The number of ether oxygens (including phenoxy) is 1. The average Bonchev–Trinajstić information content (AvgIpc) is 3.33. The predicted molar refractivity (Wildman–Crippen MR) is 107 cm³/mol. The smallest absolute Gasteiger partial charge is 0.344 e. The molecule has 7 nitrogen and oxygen atoms in total. The highest BCUT2D eigenvalue weighted by Gasteiger charge is 2.44. The van der Waals surface area contributed by atoms with Gasteiger partial charge in [0, 0.05) is 24.5 Å². The van der Waals surface area contributed by atoms with E-state index >= 15 is 0 Å². The molecule has 29 heavy (non-hydrogen) atoms. The van der Waals surface area contributed by atoms with Gasteiger partial charge >= 0.3 is 5.63 Å². The molecule has 5 rings (SSSR count). The van der Waals surface area contributed by atoms with Crippen molar-refractivity contribution in [2.45, 2.75) is 12.0 Å². The third-order valence-electron chi connectivity index (χ3n) is 5.04. The molecule has 1 N–H and O–H groups in total. The molecule has 2 aromatic heterocycles. The van der Waals surface area contributed by atoms with E-state index in [4.69, 9.17) is 9.15 Å². The molecular formula is C22H17N3O4. The zero-order valence-corrected chi connectivity index (χ0v) is 15.5. The van der Waals surface area contributed by atoms with Gasteiger partial charge in [0.05, 0.1) is 23.1 Å². The fourth-order valence-corrected chi connectivity index (χ4v) is 3.76. The third-order valence-corrected chi connectivity index (χ3v) is 5.04. The van der Waals surface area contributed by atoms with Crippen molar-refractivity contribution < 1.29 is 13.9 Å². The molecule has 2 aromatic carbocycles. The number of nitrogens with zero attached hydrogens (tertiary/aromatic N) is 2. The molecule has 3 heterocycles. The van der Waals surface area contributed by atoms with Gasteiger partial charge in [-0.25, -0.2) is 4.79 Å². The van der Waals surface area contributed by atoms with Gasteiger partial charge in [0.15, 0.2) is 6.10 Å². The summed E-state index contributed by atoms with van der Waals surface area (Å²) in [7, 11) is 1.78. The predicted octanol–water partition coefficient (Wildman–Crippen LogP) is 3.06. The number of amides is 1. The summed E-state index contributed by atoms with van der Waals surface area (Å²) in [6, 6.07) is 16.3. The van der Waals surface area contributed by atoms with E-state index in [0.717, 1.165) is 0 Å². The largest absolute Gasteiger partial charge is 0.478 e. The second-order valence-electron chi connectivity index (χ2n) is 6.95. The average molecular weight is 387 g/mol. The molecule has 7 heteroatoms. The van der Waals surface area contributed by atoms with Gasteiger partial charge < -0.3 is 14.5 Å². The number of anilines is 1. The summed E-state index contributed by atoms with van der Waals surface area (Å²) in [4.78, 5) is 26.0. The maximum Gasteiger partial charge on any atom is 0.344 e. The van der Waals surface area contributed by atoms with Crippen LogP contribution in [0.1, 0.15) is 17.0 Å². The quantitative estimate of drug-likeness (QED) is 0.546. The molecule has 1 aliphatic heterocycles. The number of carbonyl (C=O) groups excluding carboxylic acids is 1. The molecule has 4 aromatic rings. The molecule has 1 amide bonds. The minimum Gasteiger partial charge on any atom is -0.478 e. The first kappa shape index (κ1) is 17.2. The summed E-state index contributed by atoms with van der Waals surface area (Å²) in [6.07, 6.45) is 2.49. The Labute approximate surface area is 165 Å². The lowest BCUT2D eigenvalue weighted by Crippen LogP contribution is -2.35. The summed E-state index contributed by atoms with van der Waals surface area (Å²) in [6.45, 7) is 0. The van der Waals surface area contributed by atoms with Crippen LogP contribution in [0.15, 0.2) is 76.2 Å². The Hall–Kier alpha value is -3.87. The Morgan fingerprint density at radius 2 is 1.86 bits per heavy atom. The van der Waals surface area contributed by atoms with Crippen LogP contribution in [0.25, 0.3) is 11.0 Å². The lowest BCUT2D eigenvalue weighted by atomic mass is 9.90. The molecule has 0 unspecified atom stereocenters. The molecule has 0 saturated heterocycles. The highest BCUT2D eigenvalue weighted by atomic mass is 16.5. The second kappa shape index (κ2) is 6.63. The first-order valence-corrected chi connectivity index (χ1v) is 9.18. The first-order valence-electron chi connectivity index (χ1n) is 9.18. The monoisotopic (exact) mass is 387 g/mol. The number of hydrogen-bond donors (Lipinski definition) is 1. The van der Waals surface area contributed by atoms with Gasteiger partial charge in [-0.05, 0) is 24.3 Å². The zero-order valence-electron chi connectivity index (χ0n) is 15.5. The van der Waals surface area contributed by atoms with Crippen molar-refractivity contribution in [3.05, 3.63) is 88.5 Å². The molecule has 0 radical (unpaired) electrons. The van der Waals surface area contributed by atoms with Gasteiger partial charge in [0.1, 0.15) is 11.3 Å². The van der Waals surface area contributed by atoms with Gasteiger partial charge in [-0.1, -0.05) is 30.3 Å². The summed E-state index contributed by atoms with van der Waals surface area (Å²) < 4.78 is 13.2. The standard InChI is InChI=1S/C22H17N3O4/c1-25-12-13(11-23-25)17-18-19(15-9-5-6-10-16(15)28-22(18)27)29-20(17)21(26)24-14-7-3-2-4-8-14/h2-12,17,20H,1H3,(H,24,26)/t17-,20-/m1/s1. The van der Waals surface area contributed by atoms with Crippen molar-refractivity contribution in [1.29, 1.82) is 0 Å². The SMILES string of the molecule is Cn1cc([C@@H]2c3c(c4ccccc4oc3=O)O[C@H]2C(=O)Nc2ccccc2)cn1. The normalized spacial score (nSPS) is 17.7. The minimum atomic E-state index is -0.928. The highest BCUT2D eigenvalue weighted by Crippen LogP contribution is 2.44. The Balaban J connectivity index is 1.64. The van der Waals surface area contributed by atoms with E-state index < -0.39 is 17.6 Å². The number of hydrogen-bond acceptors (Lipinski definition) is 5. The topological polar surface area (TPSA) is 86.4 Å². The van der Waals surface area contributed by atoms with Crippen molar-refractivity contribution in [1.82, 2.24) is 9.78 Å². The highest BCUT2D eigenvalue weighted by molar-refractivity contribution is 5.97. The van der Waals surface area contributed by atoms with Crippen LogP contribution in [0.5, 0.6) is 5.75 Å². The van der Waals surface area contributed by atoms with Crippen LogP contribution in [0.2, 0.25) is 0 Å². The van der Waals surface area contributed by atoms with E-state index in [-0.39, 0.29) is 5.91 Å². The fourth-order valence-electron chi connectivity index (χ4n) is 3.76. The number of carbonyl (C=O) groups is 1. The summed E-state index contributed by atoms with van der Waals surface area (Å²) >= 11 is 0.